The van der Waals surface area contributed by atoms with Gasteiger partial charge in [0.15, 0.2) is 0 Å². The second-order valence-electron chi connectivity index (χ2n) is 10.3. The number of carboxylic acids is 1. The Kier molecular flexibility index (Phi) is 8.32. The van der Waals surface area contributed by atoms with Crippen LogP contribution in [-0.4, -0.2) is 103 Å². The van der Waals surface area contributed by atoms with Crippen molar-refractivity contribution in [1.82, 2.24) is 19.1 Å². The zero-order valence-corrected chi connectivity index (χ0v) is 22.2. The van der Waals surface area contributed by atoms with Crippen LogP contribution in [0.15, 0.2) is 24.5 Å². The number of rotatable bonds is 3. The molecule has 38 heavy (non-hydrogen) atoms. The van der Waals surface area contributed by atoms with E-state index in [4.69, 9.17) is 9.90 Å². The average Bonchev–Trinajstić information content (AvgIpc) is 3.37. The van der Waals surface area contributed by atoms with Gasteiger partial charge in [-0.15, -0.1) is 0 Å². The van der Waals surface area contributed by atoms with Crippen molar-refractivity contribution in [3.05, 3.63) is 24.5 Å². The number of anilines is 1. The van der Waals surface area contributed by atoms with Gasteiger partial charge in [-0.3, -0.25) is 9.78 Å². The van der Waals surface area contributed by atoms with Gasteiger partial charge in [0.1, 0.15) is 0 Å². The minimum absolute atomic E-state index is 0.0185. The molecular weight excluding hydrogens is 531 g/mol. The van der Waals surface area contributed by atoms with E-state index in [-0.39, 0.29) is 29.8 Å². The zero-order valence-electron chi connectivity index (χ0n) is 21.4. The number of carbonyl (C=O) groups is 3. The highest BCUT2D eigenvalue weighted by molar-refractivity contribution is 7.88. The number of likely N-dealkylation sites (tertiary alicyclic amines) is 1. The quantitative estimate of drug-likeness (QED) is 0.574. The van der Waals surface area contributed by atoms with Crippen LogP contribution in [0.25, 0.3) is 0 Å². The number of hydrogen-bond acceptors (Lipinski definition) is 6. The van der Waals surface area contributed by atoms with Crippen molar-refractivity contribution in [3.8, 4) is 0 Å². The first-order valence-electron chi connectivity index (χ1n) is 11.9. The lowest BCUT2D eigenvalue weighted by molar-refractivity contribution is -0.192. The number of nitrogens with one attached hydrogen (secondary N) is 1. The first kappa shape index (κ1) is 29.6. The molecule has 3 aliphatic rings. The first-order chi connectivity index (χ1) is 17.5. The normalized spacial score (nSPS) is 24.8. The van der Waals surface area contributed by atoms with Gasteiger partial charge in [-0.05, 0) is 49.1 Å². The van der Waals surface area contributed by atoms with Gasteiger partial charge in [-0.1, -0.05) is 0 Å². The van der Waals surface area contributed by atoms with Crippen LogP contribution < -0.4 is 5.32 Å². The third kappa shape index (κ3) is 6.03. The van der Waals surface area contributed by atoms with E-state index >= 15 is 0 Å². The number of fused-ring (bicyclic) bond motifs is 2. The van der Waals surface area contributed by atoms with Crippen LogP contribution in [0.1, 0.15) is 25.7 Å². The Morgan fingerprint density at radius 3 is 2.13 bits per heavy atom. The molecule has 2 N–H and O–H groups in total. The molecule has 1 aliphatic carbocycles. The molecule has 2 saturated heterocycles. The van der Waals surface area contributed by atoms with Crippen molar-refractivity contribution in [2.75, 3.05) is 51.8 Å². The molecule has 1 spiro atoms. The monoisotopic (exact) mass is 563 g/mol. The number of nitrogens with zero attached hydrogens (tertiary/aromatic N) is 4. The van der Waals surface area contributed by atoms with E-state index in [0.29, 0.717) is 31.7 Å². The van der Waals surface area contributed by atoms with E-state index in [2.05, 4.69) is 10.3 Å². The molecule has 3 fully saturated rings. The summed E-state index contributed by atoms with van der Waals surface area (Å²) in [6, 6.07) is 3.36. The second-order valence-corrected chi connectivity index (χ2v) is 12.3. The van der Waals surface area contributed by atoms with Crippen molar-refractivity contribution in [3.63, 3.8) is 0 Å². The van der Waals surface area contributed by atoms with Crippen LogP contribution in [-0.2, 0) is 19.6 Å². The third-order valence-corrected chi connectivity index (χ3v) is 9.06. The number of amides is 3. The number of sulfonamides is 1. The molecule has 11 nitrogen and oxygen atoms in total. The molecule has 0 unspecified atom stereocenters. The fourth-order valence-electron chi connectivity index (χ4n) is 5.96. The third-order valence-electron chi connectivity index (χ3n) is 7.84. The summed E-state index contributed by atoms with van der Waals surface area (Å²) in [5.41, 5.74) is -0.0663. The summed E-state index contributed by atoms with van der Waals surface area (Å²) in [5.74, 6) is -2.75. The SMILES string of the molecule is CN(C)C(=O)[C@@]12CCC3(CCN(C(=O)Nc4ccncc4)CC3)[C@@H]1CN(S(C)(=O)=O)C2.O=C(O)C(F)(F)F. The molecule has 3 amide bonds. The lowest BCUT2D eigenvalue weighted by atomic mass is 9.65. The van der Waals surface area contributed by atoms with Gasteiger partial charge in [0.2, 0.25) is 15.9 Å². The summed E-state index contributed by atoms with van der Waals surface area (Å²) in [7, 11) is 0.116. The number of aromatic nitrogens is 1. The summed E-state index contributed by atoms with van der Waals surface area (Å²) in [6.45, 7) is 1.85. The summed E-state index contributed by atoms with van der Waals surface area (Å²) in [4.78, 5) is 42.2. The molecule has 1 aromatic heterocycles. The maximum absolute atomic E-state index is 13.2. The smallest absolute Gasteiger partial charge is 0.475 e. The van der Waals surface area contributed by atoms with E-state index in [1.54, 1.807) is 43.5 Å². The summed E-state index contributed by atoms with van der Waals surface area (Å²) < 4.78 is 57.9. The summed E-state index contributed by atoms with van der Waals surface area (Å²) in [5, 5.41) is 10.0. The number of carbonyl (C=O) groups excluding carboxylic acids is 2. The van der Waals surface area contributed by atoms with Crippen LogP contribution in [0.3, 0.4) is 0 Å². The molecule has 3 heterocycles. The summed E-state index contributed by atoms with van der Waals surface area (Å²) >= 11 is 0. The van der Waals surface area contributed by atoms with E-state index < -0.39 is 27.6 Å². The maximum atomic E-state index is 13.2. The number of alkyl halides is 3. The minimum atomic E-state index is -5.08. The van der Waals surface area contributed by atoms with Gasteiger partial charge in [-0.25, -0.2) is 22.3 Å². The van der Waals surface area contributed by atoms with Crippen LogP contribution in [0.2, 0.25) is 0 Å². The number of pyridine rings is 1. The van der Waals surface area contributed by atoms with Crippen molar-refractivity contribution < 1.29 is 41.1 Å². The fourth-order valence-corrected chi connectivity index (χ4v) is 6.84. The lowest BCUT2D eigenvalue weighted by Crippen LogP contribution is -2.50. The molecule has 2 aliphatic heterocycles. The predicted molar refractivity (Wildman–Crippen MR) is 130 cm³/mol. The Morgan fingerprint density at radius 2 is 1.66 bits per heavy atom. The largest absolute Gasteiger partial charge is 0.490 e. The van der Waals surface area contributed by atoms with Gasteiger partial charge < -0.3 is 20.2 Å². The van der Waals surface area contributed by atoms with Crippen LogP contribution in [0, 0.1) is 16.7 Å². The van der Waals surface area contributed by atoms with Gasteiger partial charge in [0, 0.05) is 58.4 Å². The standard InChI is InChI=1S/C21H31N5O4S.C2HF3O2/c1-24(2)18(27)21-7-6-20(17(21)14-26(15-21)31(3,29)30)8-12-25(13-9-20)19(28)23-16-4-10-22-11-5-16;3-2(4,5)1(6)7/h4-5,10-11,17H,6-9,12-15H2,1-3H3,(H,22,23,28);(H,6,7)/t17-,21+;/m0./s1. The fraction of sp³-hybridized carbons (Fsp3) is 0.652. The molecule has 0 bridgehead atoms. The molecule has 15 heteroatoms. The molecular formula is C23H32F3N5O6S. The van der Waals surface area contributed by atoms with Gasteiger partial charge >= 0.3 is 18.2 Å². The lowest BCUT2D eigenvalue weighted by Gasteiger charge is -2.44. The highest BCUT2D eigenvalue weighted by Gasteiger charge is 2.65. The number of aliphatic carboxylic acids is 1. The van der Waals surface area contributed by atoms with Crippen molar-refractivity contribution >= 4 is 33.6 Å². The molecule has 1 saturated carbocycles. The summed E-state index contributed by atoms with van der Waals surface area (Å²) in [6.07, 6.45) is 2.56. The topological polar surface area (TPSA) is 140 Å². The number of hydrogen-bond donors (Lipinski definition) is 2. The Morgan fingerprint density at radius 1 is 1.11 bits per heavy atom. The molecule has 2 atom stereocenters. The van der Waals surface area contributed by atoms with Gasteiger partial charge in [-0.2, -0.15) is 13.2 Å². The predicted octanol–water partition coefficient (Wildman–Crippen LogP) is 2.09. The highest BCUT2D eigenvalue weighted by atomic mass is 32.2. The van der Waals surface area contributed by atoms with E-state index in [0.717, 1.165) is 19.3 Å². The Hall–Kier alpha value is -2.94. The number of piperidine rings is 1. The van der Waals surface area contributed by atoms with Gasteiger partial charge in [0.05, 0.1) is 11.7 Å². The van der Waals surface area contributed by atoms with Crippen molar-refractivity contribution in [1.29, 1.82) is 0 Å². The van der Waals surface area contributed by atoms with E-state index in [9.17, 15) is 31.2 Å². The maximum Gasteiger partial charge on any atom is 0.490 e. The minimum Gasteiger partial charge on any atom is -0.475 e. The van der Waals surface area contributed by atoms with Crippen LogP contribution in [0.5, 0.6) is 0 Å². The molecule has 0 aromatic carbocycles. The van der Waals surface area contributed by atoms with Gasteiger partial charge in [0.25, 0.3) is 0 Å². The van der Waals surface area contributed by atoms with E-state index in [1.165, 1.54) is 10.6 Å². The van der Waals surface area contributed by atoms with Crippen LogP contribution >= 0.6 is 0 Å². The Bertz CT molecular complexity index is 1160. The van der Waals surface area contributed by atoms with Crippen LogP contribution in [0.4, 0.5) is 23.7 Å². The Labute approximate surface area is 219 Å². The molecule has 212 valence electrons. The molecule has 0 radical (unpaired) electrons. The average molecular weight is 564 g/mol. The molecule has 4 rings (SSSR count). The van der Waals surface area contributed by atoms with E-state index in [1.807, 2.05) is 4.90 Å². The first-order valence-corrected chi connectivity index (χ1v) is 13.8. The number of carboxylic acid groups (broad SMARTS) is 1. The Balaban J connectivity index is 0.000000505. The highest BCUT2D eigenvalue weighted by Crippen LogP contribution is 2.62. The second kappa shape index (κ2) is 10.7. The van der Waals surface area contributed by atoms with Crippen molar-refractivity contribution in [2.24, 2.45) is 16.7 Å². The number of urea groups is 1. The van der Waals surface area contributed by atoms with Crippen molar-refractivity contribution in [2.45, 2.75) is 31.9 Å². The molecule has 1 aromatic rings. The zero-order chi connectivity index (χ0) is 28.5. The number of halogens is 3.